The first-order valence-corrected chi connectivity index (χ1v) is 5.81. The number of nitrogens with two attached hydrogens (primary N) is 1. The van der Waals surface area contributed by atoms with Gasteiger partial charge in [0.15, 0.2) is 0 Å². The van der Waals surface area contributed by atoms with Crippen molar-refractivity contribution in [2.45, 2.75) is 37.5 Å². The number of thioether (sulfide) groups is 1. The maximum atomic E-state index is 5.53. The van der Waals surface area contributed by atoms with Gasteiger partial charge in [-0.2, -0.15) is 11.8 Å². The van der Waals surface area contributed by atoms with Gasteiger partial charge in [0.2, 0.25) is 0 Å². The molecule has 0 amide bonds. The van der Waals surface area contributed by atoms with Crippen LogP contribution in [0.2, 0.25) is 0 Å². The highest BCUT2D eigenvalue weighted by Crippen LogP contribution is 2.21. The lowest BCUT2D eigenvalue weighted by atomic mass is 10.3. The van der Waals surface area contributed by atoms with Crippen molar-refractivity contribution in [3.8, 4) is 0 Å². The van der Waals surface area contributed by atoms with E-state index < -0.39 is 0 Å². The first-order chi connectivity index (χ1) is 5.83. The summed E-state index contributed by atoms with van der Waals surface area (Å²) in [6.45, 7) is 4.02. The van der Waals surface area contributed by atoms with Crippen LogP contribution in [-0.2, 0) is 4.74 Å². The van der Waals surface area contributed by atoms with E-state index in [-0.39, 0.29) is 0 Å². The van der Waals surface area contributed by atoms with E-state index in [1.807, 2.05) is 11.8 Å². The Labute approximate surface area is 79.2 Å². The third-order valence-electron chi connectivity index (χ3n) is 2.16. The van der Waals surface area contributed by atoms with Crippen LogP contribution in [0.3, 0.4) is 0 Å². The van der Waals surface area contributed by atoms with Gasteiger partial charge in [0.05, 0.1) is 6.10 Å². The summed E-state index contributed by atoms with van der Waals surface area (Å²) < 4.78 is 5.53. The Morgan fingerprint density at radius 3 is 3.08 bits per heavy atom. The molecule has 0 aliphatic carbocycles. The lowest BCUT2D eigenvalue weighted by molar-refractivity contribution is 0.129. The first-order valence-electron chi connectivity index (χ1n) is 4.76. The normalized spacial score (nSPS) is 26.0. The molecular weight excluding hydrogens is 170 g/mol. The molecule has 0 aromatic heterocycles. The standard InChI is InChI=1S/C9H19NOS/c1-8(4-5-10)12-7-9-3-2-6-11-9/h8-9H,2-7,10H2,1H3. The van der Waals surface area contributed by atoms with Crippen LogP contribution in [0, 0.1) is 0 Å². The van der Waals surface area contributed by atoms with Crippen molar-refractivity contribution in [3.63, 3.8) is 0 Å². The average molecular weight is 189 g/mol. The maximum absolute atomic E-state index is 5.53. The van der Waals surface area contributed by atoms with Gasteiger partial charge in [-0.1, -0.05) is 6.92 Å². The van der Waals surface area contributed by atoms with Crippen molar-refractivity contribution < 1.29 is 4.74 Å². The lowest BCUT2D eigenvalue weighted by Crippen LogP contribution is -2.13. The van der Waals surface area contributed by atoms with Crippen LogP contribution < -0.4 is 5.73 Å². The molecule has 0 aromatic rings. The summed E-state index contributed by atoms with van der Waals surface area (Å²) in [4.78, 5) is 0. The van der Waals surface area contributed by atoms with Crippen LogP contribution in [0.5, 0.6) is 0 Å². The van der Waals surface area contributed by atoms with E-state index in [9.17, 15) is 0 Å². The highest BCUT2D eigenvalue weighted by molar-refractivity contribution is 7.99. The molecule has 0 aromatic carbocycles. The molecule has 1 aliphatic heterocycles. The zero-order chi connectivity index (χ0) is 8.81. The second kappa shape index (κ2) is 5.84. The molecular formula is C9H19NOS. The Morgan fingerprint density at radius 2 is 2.50 bits per heavy atom. The van der Waals surface area contributed by atoms with E-state index >= 15 is 0 Å². The van der Waals surface area contributed by atoms with Gasteiger partial charge in [0, 0.05) is 17.6 Å². The lowest BCUT2D eigenvalue weighted by Gasteiger charge is -2.13. The molecule has 1 saturated heterocycles. The van der Waals surface area contributed by atoms with Crippen molar-refractivity contribution in [1.82, 2.24) is 0 Å². The van der Waals surface area contributed by atoms with E-state index in [0.717, 1.165) is 25.3 Å². The summed E-state index contributed by atoms with van der Waals surface area (Å²) in [6, 6.07) is 0. The Bertz CT molecular complexity index is 115. The number of hydrogen-bond acceptors (Lipinski definition) is 3. The van der Waals surface area contributed by atoms with Crippen LogP contribution in [0.4, 0.5) is 0 Å². The molecule has 2 N–H and O–H groups in total. The van der Waals surface area contributed by atoms with Gasteiger partial charge >= 0.3 is 0 Å². The molecule has 12 heavy (non-hydrogen) atoms. The quantitative estimate of drug-likeness (QED) is 0.714. The number of hydrogen-bond donors (Lipinski definition) is 1. The summed E-state index contributed by atoms with van der Waals surface area (Å²) in [5, 5.41) is 0.694. The third kappa shape index (κ3) is 3.78. The molecule has 1 aliphatic rings. The van der Waals surface area contributed by atoms with Gasteiger partial charge in [0.25, 0.3) is 0 Å². The molecule has 0 saturated carbocycles. The minimum absolute atomic E-state index is 0.523. The zero-order valence-corrected chi connectivity index (χ0v) is 8.61. The van der Waals surface area contributed by atoms with E-state index in [1.165, 1.54) is 12.8 Å². The zero-order valence-electron chi connectivity index (χ0n) is 7.79. The first kappa shape index (κ1) is 10.4. The predicted octanol–water partition coefficient (Wildman–Crippen LogP) is 1.64. The van der Waals surface area contributed by atoms with Gasteiger partial charge in [-0.3, -0.25) is 0 Å². The molecule has 2 unspecified atom stereocenters. The summed E-state index contributed by atoms with van der Waals surface area (Å²) in [7, 11) is 0. The fourth-order valence-corrected chi connectivity index (χ4v) is 2.47. The second-order valence-electron chi connectivity index (χ2n) is 3.36. The van der Waals surface area contributed by atoms with Crippen molar-refractivity contribution in [3.05, 3.63) is 0 Å². The number of ether oxygens (including phenoxy) is 1. The van der Waals surface area contributed by atoms with Gasteiger partial charge < -0.3 is 10.5 Å². The topological polar surface area (TPSA) is 35.2 Å². The van der Waals surface area contributed by atoms with Crippen LogP contribution in [-0.4, -0.2) is 30.3 Å². The maximum Gasteiger partial charge on any atom is 0.0666 e. The molecule has 1 heterocycles. The predicted molar refractivity (Wildman–Crippen MR) is 54.6 cm³/mol. The fraction of sp³-hybridized carbons (Fsp3) is 1.00. The molecule has 0 spiro atoms. The largest absolute Gasteiger partial charge is 0.377 e. The fourth-order valence-electron chi connectivity index (χ4n) is 1.37. The molecule has 3 heteroatoms. The molecule has 72 valence electrons. The van der Waals surface area contributed by atoms with Crippen LogP contribution in [0.25, 0.3) is 0 Å². The van der Waals surface area contributed by atoms with E-state index in [2.05, 4.69) is 6.92 Å². The van der Waals surface area contributed by atoms with Crippen molar-refractivity contribution in [2.24, 2.45) is 5.73 Å². The summed E-state index contributed by atoms with van der Waals surface area (Å²) >= 11 is 1.99. The van der Waals surface area contributed by atoms with Gasteiger partial charge in [-0.15, -0.1) is 0 Å². The summed E-state index contributed by atoms with van der Waals surface area (Å²) in [5.74, 6) is 1.15. The molecule has 1 rings (SSSR count). The Hall–Kier alpha value is 0.270. The van der Waals surface area contributed by atoms with Crippen molar-refractivity contribution in [1.29, 1.82) is 0 Å². The Balaban J connectivity index is 1.99. The highest BCUT2D eigenvalue weighted by atomic mass is 32.2. The third-order valence-corrected chi connectivity index (χ3v) is 3.53. The van der Waals surface area contributed by atoms with Gasteiger partial charge in [-0.05, 0) is 25.8 Å². The SMILES string of the molecule is CC(CCN)SCC1CCCO1. The smallest absolute Gasteiger partial charge is 0.0666 e. The highest BCUT2D eigenvalue weighted by Gasteiger charge is 2.16. The Morgan fingerprint density at radius 1 is 1.67 bits per heavy atom. The van der Waals surface area contributed by atoms with Gasteiger partial charge in [-0.25, -0.2) is 0 Å². The van der Waals surface area contributed by atoms with E-state index in [0.29, 0.717) is 11.4 Å². The molecule has 2 atom stereocenters. The monoisotopic (exact) mass is 189 g/mol. The van der Waals surface area contributed by atoms with Crippen LogP contribution >= 0.6 is 11.8 Å². The summed E-state index contributed by atoms with van der Waals surface area (Å²) in [5.41, 5.74) is 5.47. The van der Waals surface area contributed by atoms with E-state index in [4.69, 9.17) is 10.5 Å². The second-order valence-corrected chi connectivity index (χ2v) is 4.83. The van der Waals surface area contributed by atoms with E-state index in [1.54, 1.807) is 0 Å². The minimum atomic E-state index is 0.523. The Kier molecular flexibility index (Phi) is 5.04. The van der Waals surface area contributed by atoms with Crippen LogP contribution in [0.1, 0.15) is 26.2 Å². The molecule has 0 bridgehead atoms. The van der Waals surface area contributed by atoms with Crippen molar-refractivity contribution in [2.75, 3.05) is 18.9 Å². The number of rotatable bonds is 5. The average Bonchev–Trinajstić information content (AvgIpc) is 2.53. The molecule has 0 radical (unpaired) electrons. The molecule has 1 fully saturated rings. The van der Waals surface area contributed by atoms with Crippen molar-refractivity contribution >= 4 is 11.8 Å². The minimum Gasteiger partial charge on any atom is -0.377 e. The summed E-state index contributed by atoms with van der Waals surface area (Å²) in [6.07, 6.45) is 4.14. The van der Waals surface area contributed by atoms with Crippen LogP contribution in [0.15, 0.2) is 0 Å². The van der Waals surface area contributed by atoms with Gasteiger partial charge in [0.1, 0.15) is 0 Å². The molecule has 2 nitrogen and oxygen atoms in total.